The number of carbonyl (C=O) groups excluding carboxylic acids is 1. The monoisotopic (exact) mass is 281 g/mol. The Morgan fingerprint density at radius 3 is 2.67 bits per heavy atom. The fourth-order valence-electron chi connectivity index (χ4n) is 2.07. The van der Waals surface area contributed by atoms with Crippen LogP contribution < -0.4 is 4.90 Å². The molecule has 0 saturated carbocycles. The van der Waals surface area contributed by atoms with E-state index in [-0.39, 0.29) is 5.12 Å². The Hall–Kier alpha value is -0.930. The summed E-state index contributed by atoms with van der Waals surface area (Å²) in [7, 11) is 0. The van der Waals surface area contributed by atoms with Crippen molar-refractivity contribution in [1.29, 1.82) is 0 Å². The highest BCUT2D eigenvalue weighted by Crippen LogP contribution is 2.35. The van der Waals surface area contributed by atoms with E-state index in [2.05, 4.69) is 30.9 Å². The number of para-hydroxylation sites is 1. The highest BCUT2D eigenvalue weighted by atomic mass is 35.5. The molecule has 0 N–H and O–H groups in total. The van der Waals surface area contributed by atoms with Gasteiger partial charge in [-0.2, -0.15) is 0 Å². The predicted octanol–water partition coefficient (Wildman–Crippen LogP) is 3.94. The summed E-state index contributed by atoms with van der Waals surface area (Å²) >= 11 is 7.41. The topological polar surface area (TPSA) is 20.3 Å². The first-order valence-electron chi connectivity index (χ1n) is 6.04. The lowest BCUT2D eigenvalue weighted by Crippen LogP contribution is -2.25. The van der Waals surface area contributed by atoms with Crippen LogP contribution in [-0.2, 0) is 4.79 Å². The van der Waals surface area contributed by atoms with Crippen molar-refractivity contribution in [2.45, 2.75) is 20.3 Å². The quantitative estimate of drug-likeness (QED) is 0.834. The van der Waals surface area contributed by atoms with Crippen molar-refractivity contribution >= 4 is 34.2 Å². The molecule has 1 aliphatic heterocycles. The average molecular weight is 282 g/mol. The summed E-state index contributed by atoms with van der Waals surface area (Å²) in [6, 6.07) is 8.20. The van der Waals surface area contributed by atoms with Gasteiger partial charge in [0, 0.05) is 18.0 Å². The Morgan fingerprint density at radius 2 is 2.11 bits per heavy atom. The summed E-state index contributed by atoms with van der Waals surface area (Å²) < 4.78 is 0. The first-order valence-corrected chi connectivity index (χ1v) is 7.40. The molecule has 1 heterocycles. The van der Waals surface area contributed by atoms with Gasteiger partial charge in [-0.15, -0.1) is 0 Å². The highest BCUT2D eigenvalue weighted by Gasteiger charge is 2.27. The van der Waals surface area contributed by atoms with Gasteiger partial charge >= 0.3 is 0 Å². The van der Waals surface area contributed by atoms with E-state index in [1.807, 2.05) is 12.1 Å². The van der Waals surface area contributed by atoms with Gasteiger partial charge in [-0.3, -0.25) is 4.79 Å². The number of hydrogen-bond donors (Lipinski definition) is 0. The van der Waals surface area contributed by atoms with E-state index in [0.717, 1.165) is 24.4 Å². The first kappa shape index (κ1) is 13.5. The maximum Gasteiger partial charge on any atom is 0.232 e. The molecule has 2 rings (SSSR count). The molecule has 0 atom stereocenters. The minimum Gasteiger partial charge on any atom is -0.343 e. The second kappa shape index (κ2) is 5.81. The fourth-order valence-corrected chi connectivity index (χ4v) is 3.29. The molecule has 1 aliphatic rings. The zero-order valence-corrected chi connectivity index (χ0v) is 12.1. The molecule has 96 valence electrons. The van der Waals surface area contributed by atoms with Crippen molar-refractivity contribution in [2.24, 2.45) is 0 Å². The summed E-state index contributed by atoms with van der Waals surface area (Å²) in [5.74, 6) is 0.673. The molecule has 4 heteroatoms. The minimum atomic E-state index is -0.0126. The standard InChI is InChI=1S/C14H16ClNOS/c1-3-8-16(11-7-5-4-6-10(11)2)12-9-18-14(17)13(12)15/h4-7H,3,8-9H2,1-2H3. The summed E-state index contributed by atoms with van der Waals surface area (Å²) in [6.45, 7) is 5.09. The van der Waals surface area contributed by atoms with Gasteiger partial charge in [0.05, 0.1) is 5.70 Å². The van der Waals surface area contributed by atoms with Crippen LogP contribution in [0.1, 0.15) is 18.9 Å². The molecule has 0 aromatic heterocycles. The number of halogens is 1. The molecule has 0 amide bonds. The van der Waals surface area contributed by atoms with Gasteiger partial charge in [-0.25, -0.2) is 0 Å². The van der Waals surface area contributed by atoms with E-state index in [9.17, 15) is 4.79 Å². The maximum atomic E-state index is 11.6. The zero-order chi connectivity index (χ0) is 13.1. The van der Waals surface area contributed by atoms with Crippen LogP contribution in [-0.4, -0.2) is 17.4 Å². The largest absolute Gasteiger partial charge is 0.343 e. The normalized spacial score (nSPS) is 15.4. The summed E-state index contributed by atoms with van der Waals surface area (Å²) in [4.78, 5) is 13.7. The van der Waals surface area contributed by atoms with E-state index >= 15 is 0 Å². The fraction of sp³-hybridized carbons (Fsp3) is 0.357. The molecule has 1 aromatic rings. The highest BCUT2D eigenvalue weighted by molar-refractivity contribution is 8.14. The number of rotatable bonds is 4. The lowest BCUT2D eigenvalue weighted by Gasteiger charge is -2.27. The lowest BCUT2D eigenvalue weighted by molar-refractivity contribution is -0.107. The minimum absolute atomic E-state index is 0.0126. The smallest absolute Gasteiger partial charge is 0.232 e. The van der Waals surface area contributed by atoms with Crippen LogP contribution in [0.4, 0.5) is 5.69 Å². The SMILES string of the molecule is CCCN(C1=C(Cl)C(=O)SC1)c1ccccc1C. The summed E-state index contributed by atoms with van der Waals surface area (Å²) in [5, 5.41) is 0.373. The molecular formula is C14H16ClNOS. The third-order valence-electron chi connectivity index (χ3n) is 2.95. The lowest BCUT2D eigenvalue weighted by atomic mass is 10.1. The molecule has 0 spiro atoms. The van der Waals surface area contributed by atoms with Gasteiger partial charge in [0.15, 0.2) is 0 Å². The van der Waals surface area contributed by atoms with Crippen LogP contribution in [0.3, 0.4) is 0 Å². The van der Waals surface area contributed by atoms with E-state index in [0.29, 0.717) is 10.8 Å². The predicted molar refractivity (Wildman–Crippen MR) is 79.2 cm³/mol. The first-order chi connectivity index (χ1) is 8.65. The number of carbonyl (C=O) groups is 1. The van der Waals surface area contributed by atoms with Crippen molar-refractivity contribution < 1.29 is 4.79 Å². The molecule has 0 aliphatic carbocycles. The molecule has 0 fully saturated rings. The number of aryl methyl sites for hydroxylation is 1. The van der Waals surface area contributed by atoms with Crippen LogP contribution in [0.15, 0.2) is 35.0 Å². The molecule has 1 aromatic carbocycles. The van der Waals surface area contributed by atoms with Gasteiger partial charge in [0.1, 0.15) is 5.03 Å². The number of benzene rings is 1. The Bertz CT molecular complexity index is 498. The van der Waals surface area contributed by atoms with Crippen LogP contribution in [0.2, 0.25) is 0 Å². The van der Waals surface area contributed by atoms with Gasteiger partial charge in [-0.1, -0.05) is 48.5 Å². The average Bonchev–Trinajstić information content (AvgIpc) is 2.69. The molecule has 0 unspecified atom stereocenters. The van der Waals surface area contributed by atoms with Crippen molar-refractivity contribution in [3.05, 3.63) is 40.6 Å². The Balaban J connectivity index is 2.41. The third-order valence-corrected chi connectivity index (χ3v) is 4.34. The molecule has 0 bridgehead atoms. The number of hydrogen-bond acceptors (Lipinski definition) is 3. The summed E-state index contributed by atoms with van der Waals surface area (Å²) in [5.41, 5.74) is 3.29. The molecule has 0 radical (unpaired) electrons. The van der Waals surface area contributed by atoms with Crippen molar-refractivity contribution in [1.82, 2.24) is 0 Å². The Kier molecular flexibility index (Phi) is 4.36. The number of nitrogens with zero attached hydrogens (tertiary/aromatic N) is 1. The third kappa shape index (κ3) is 2.57. The van der Waals surface area contributed by atoms with E-state index in [1.54, 1.807) is 0 Å². The Labute approximate surface area is 117 Å². The van der Waals surface area contributed by atoms with E-state index in [4.69, 9.17) is 11.6 Å². The maximum absolute atomic E-state index is 11.6. The van der Waals surface area contributed by atoms with Crippen LogP contribution in [0.25, 0.3) is 0 Å². The summed E-state index contributed by atoms with van der Waals surface area (Å²) in [6.07, 6.45) is 1.01. The molecule has 18 heavy (non-hydrogen) atoms. The van der Waals surface area contributed by atoms with E-state index < -0.39 is 0 Å². The van der Waals surface area contributed by atoms with Gasteiger partial charge in [-0.05, 0) is 25.0 Å². The van der Waals surface area contributed by atoms with Crippen LogP contribution >= 0.6 is 23.4 Å². The van der Waals surface area contributed by atoms with Crippen molar-refractivity contribution in [3.8, 4) is 0 Å². The molecule has 2 nitrogen and oxygen atoms in total. The molecular weight excluding hydrogens is 266 g/mol. The van der Waals surface area contributed by atoms with Crippen LogP contribution in [0, 0.1) is 6.92 Å². The van der Waals surface area contributed by atoms with Crippen molar-refractivity contribution in [2.75, 3.05) is 17.2 Å². The van der Waals surface area contributed by atoms with Gasteiger partial charge < -0.3 is 4.90 Å². The molecule has 0 saturated heterocycles. The van der Waals surface area contributed by atoms with E-state index in [1.165, 1.54) is 17.3 Å². The second-order valence-electron chi connectivity index (χ2n) is 4.27. The zero-order valence-electron chi connectivity index (χ0n) is 10.6. The Morgan fingerprint density at radius 1 is 1.39 bits per heavy atom. The van der Waals surface area contributed by atoms with Crippen LogP contribution in [0.5, 0.6) is 0 Å². The number of thioether (sulfide) groups is 1. The second-order valence-corrected chi connectivity index (χ2v) is 5.60. The van der Waals surface area contributed by atoms with Gasteiger partial charge in [0.2, 0.25) is 5.12 Å². The van der Waals surface area contributed by atoms with Gasteiger partial charge in [0.25, 0.3) is 0 Å². The number of anilines is 1. The van der Waals surface area contributed by atoms with Crippen molar-refractivity contribution in [3.63, 3.8) is 0 Å².